The van der Waals surface area contributed by atoms with Gasteiger partial charge in [-0.1, -0.05) is 0 Å². The van der Waals surface area contributed by atoms with Crippen molar-refractivity contribution >= 4 is 11.6 Å². The third kappa shape index (κ3) is 3.88. The second-order valence-electron chi connectivity index (χ2n) is 5.00. The smallest absolute Gasteiger partial charge is 0.288 e. The molecule has 0 radical (unpaired) electrons. The summed E-state index contributed by atoms with van der Waals surface area (Å²) >= 11 is 0. The molecule has 1 aliphatic heterocycles. The highest BCUT2D eigenvalue weighted by molar-refractivity contribution is 5.75. The lowest BCUT2D eigenvalue weighted by Gasteiger charge is -2.11. The molecule has 114 valence electrons. The number of nitro groups is 1. The molecule has 1 aromatic heterocycles. The third-order valence-corrected chi connectivity index (χ3v) is 3.37. The van der Waals surface area contributed by atoms with Crippen molar-refractivity contribution in [1.82, 2.24) is 9.88 Å². The van der Waals surface area contributed by atoms with Crippen LogP contribution in [-0.4, -0.2) is 34.7 Å². The lowest BCUT2D eigenvalue weighted by atomic mass is 10.2. The first-order chi connectivity index (χ1) is 9.97. The summed E-state index contributed by atoms with van der Waals surface area (Å²) in [6.07, 6.45) is 2.99. The summed E-state index contributed by atoms with van der Waals surface area (Å²) in [6, 6.07) is 1.16. The summed E-state index contributed by atoms with van der Waals surface area (Å²) in [7, 11) is 0. The molecule has 8 heteroatoms. The van der Waals surface area contributed by atoms with Crippen molar-refractivity contribution in [3.8, 4) is 0 Å². The van der Waals surface area contributed by atoms with Crippen LogP contribution >= 0.6 is 0 Å². The van der Waals surface area contributed by atoms with E-state index < -0.39 is 10.5 Å². The number of nitrogens with one attached hydrogen (secondary N) is 1. The standard InChI is InChI=1S/C13H17N3O5/c1-9-5-13(18)15(7-11(9)16(19)20)8-12(17)14-6-10-3-2-4-21-10/h5,7,10H,2-4,6,8H2,1H3,(H,14,17). The molecule has 1 aliphatic rings. The first-order valence-electron chi connectivity index (χ1n) is 6.71. The third-order valence-electron chi connectivity index (χ3n) is 3.37. The summed E-state index contributed by atoms with van der Waals surface area (Å²) in [5.41, 5.74) is -0.340. The molecule has 1 atom stereocenters. The SMILES string of the molecule is Cc1cc(=O)n(CC(=O)NCC2CCCO2)cc1[N+](=O)[O-]. The fourth-order valence-electron chi connectivity index (χ4n) is 2.21. The minimum atomic E-state index is -0.574. The lowest BCUT2D eigenvalue weighted by Crippen LogP contribution is -2.36. The van der Waals surface area contributed by atoms with Gasteiger partial charge in [0.2, 0.25) is 5.91 Å². The summed E-state index contributed by atoms with van der Waals surface area (Å²) in [4.78, 5) is 33.8. The highest BCUT2D eigenvalue weighted by Gasteiger charge is 2.18. The Balaban J connectivity index is 2.01. The van der Waals surface area contributed by atoms with Gasteiger partial charge in [-0.15, -0.1) is 0 Å². The first-order valence-corrected chi connectivity index (χ1v) is 6.71. The van der Waals surface area contributed by atoms with E-state index in [9.17, 15) is 19.7 Å². The lowest BCUT2D eigenvalue weighted by molar-refractivity contribution is -0.385. The number of aryl methyl sites for hydroxylation is 1. The number of hydrogen-bond acceptors (Lipinski definition) is 5. The molecule has 1 saturated heterocycles. The van der Waals surface area contributed by atoms with Gasteiger partial charge in [-0.2, -0.15) is 0 Å². The molecule has 1 amide bonds. The predicted molar refractivity (Wildman–Crippen MR) is 74.1 cm³/mol. The highest BCUT2D eigenvalue weighted by Crippen LogP contribution is 2.14. The molecule has 1 aromatic rings. The molecule has 8 nitrogen and oxygen atoms in total. The Morgan fingerprint density at radius 2 is 2.38 bits per heavy atom. The molecular weight excluding hydrogens is 278 g/mol. The van der Waals surface area contributed by atoms with E-state index in [2.05, 4.69) is 5.32 Å². The molecule has 0 aliphatic carbocycles. The van der Waals surface area contributed by atoms with Crippen LogP contribution in [0.5, 0.6) is 0 Å². The van der Waals surface area contributed by atoms with E-state index in [-0.39, 0.29) is 29.8 Å². The predicted octanol–water partition coefficient (Wildman–Crippen LogP) is 0.360. The van der Waals surface area contributed by atoms with Crippen molar-refractivity contribution in [2.75, 3.05) is 13.2 Å². The van der Waals surface area contributed by atoms with Crippen molar-refractivity contribution in [3.05, 3.63) is 38.3 Å². The largest absolute Gasteiger partial charge is 0.376 e. The molecule has 0 aromatic carbocycles. The van der Waals surface area contributed by atoms with Gasteiger partial charge < -0.3 is 10.1 Å². The second-order valence-corrected chi connectivity index (χ2v) is 5.00. The molecular formula is C13H17N3O5. The first kappa shape index (κ1) is 15.2. The average Bonchev–Trinajstić information content (AvgIpc) is 2.92. The van der Waals surface area contributed by atoms with Crippen molar-refractivity contribution < 1.29 is 14.5 Å². The van der Waals surface area contributed by atoms with Crippen molar-refractivity contribution in [1.29, 1.82) is 0 Å². The zero-order valence-electron chi connectivity index (χ0n) is 11.7. The van der Waals surface area contributed by atoms with E-state index >= 15 is 0 Å². The highest BCUT2D eigenvalue weighted by atomic mass is 16.6. The van der Waals surface area contributed by atoms with E-state index in [1.807, 2.05) is 0 Å². The number of rotatable bonds is 5. The van der Waals surface area contributed by atoms with Crippen molar-refractivity contribution in [3.63, 3.8) is 0 Å². The van der Waals surface area contributed by atoms with Gasteiger partial charge in [0.15, 0.2) is 0 Å². The second kappa shape index (κ2) is 6.49. The number of hydrogen-bond donors (Lipinski definition) is 1. The quantitative estimate of drug-likeness (QED) is 0.624. The Bertz CT molecular complexity index is 604. The van der Waals surface area contributed by atoms with Crippen LogP contribution in [0.1, 0.15) is 18.4 Å². The average molecular weight is 295 g/mol. The molecule has 0 bridgehead atoms. The Labute approximate surface area is 120 Å². The number of carbonyl (C=O) groups is 1. The van der Waals surface area contributed by atoms with Gasteiger partial charge >= 0.3 is 0 Å². The zero-order chi connectivity index (χ0) is 15.4. The number of amides is 1. The topological polar surface area (TPSA) is 103 Å². The van der Waals surface area contributed by atoms with Gasteiger partial charge in [-0.05, 0) is 19.8 Å². The summed E-state index contributed by atoms with van der Waals surface area (Å²) in [5.74, 6) is -0.370. The van der Waals surface area contributed by atoms with Crippen molar-refractivity contribution in [2.24, 2.45) is 0 Å². The summed E-state index contributed by atoms with van der Waals surface area (Å²) < 4.78 is 6.41. The number of carbonyl (C=O) groups excluding carboxylic acids is 1. The minimum absolute atomic E-state index is 0.0121. The molecule has 1 unspecified atom stereocenters. The normalized spacial score (nSPS) is 17.7. The van der Waals surface area contributed by atoms with Gasteiger partial charge in [0.05, 0.1) is 17.2 Å². The van der Waals surface area contributed by atoms with Gasteiger partial charge in [-0.3, -0.25) is 24.3 Å². The summed E-state index contributed by atoms with van der Waals surface area (Å²) in [5, 5.41) is 13.5. The molecule has 21 heavy (non-hydrogen) atoms. The van der Waals surface area contributed by atoms with Crippen LogP contribution in [0.4, 0.5) is 5.69 Å². The van der Waals surface area contributed by atoms with E-state index in [1.54, 1.807) is 0 Å². The molecule has 2 rings (SSSR count). The molecule has 1 fully saturated rings. The van der Waals surface area contributed by atoms with Crippen LogP contribution in [-0.2, 0) is 16.1 Å². The van der Waals surface area contributed by atoms with E-state index in [0.29, 0.717) is 13.2 Å². The van der Waals surface area contributed by atoms with Crippen LogP contribution in [0.2, 0.25) is 0 Å². The fraction of sp³-hybridized carbons (Fsp3) is 0.538. The maximum Gasteiger partial charge on any atom is 0.288 e. The molecule has 1 N–H and O–H groups in total. The molecule has 2 heterocycles. The minimum Gasteiger partial charge on any atom is -0.376 e. The Morgan fingerprint density at radius 1 is 1.62 bits per heavy atom. The monoisotopic (exact) mass is 295 g/mol. The number of ether oxygens (including phenoxy) is 1. The Hall–Kier alpha value is -2.22. The number of aromatic nitrogens is 1. The summed E-state index contributed by atoms with van der Waals surface area (Å²) in [6.45, 7) is 2.33. The van der Waals surface area contributed by atoms with Gasteiger partial charge in [0, 0.05) is 24.8 Å². The van der Waals surface area contributed by atoms with Gasteiger partial charge in [0.25, 0.3) is 11.2 Å². The van der Waals surface area contributed by atoms with Crippen molar-refractivity contribution in [2.45, 2.75) is 32.4 Å². The van der Waals surface area contributed by atoms with E-state index in [1.165, 1.54) is 6.92 Å². The Morgan fingerprint density at radius 3 is 3.00 bits per heavy atom. The van der Waals surface area contributed by atoms with Crippen LogP contribution in [0.15, 0.2) is 17.1 Å². The number of nitrogens with zero attached hydrogens (tertiary/aromatic N) is 2. The van der Waals surface area contributed by atoms with E-state index in [4.69, 9.17) is 4.74 Å². The van der Waals surface area contributed by atoms with E-state index in [0.717, 1.165) is 29.7 Å². The molecule has 0 saturated carbocycles. The van der Waals surface area contributed by atoms with Gasteiger partial charge in [0.1, 0.15) is 6.54 Å². The van der Waals surface area contributed by atoms with Crippen LogP contribution in [0, 0.1) is 17.0 Å². The number of pyridine rings is 1. The zero-order valence-corrected chi connectivity index (χ0v) is 11.7. The fourth-order valence-corrected chi connectivity index (χ4v) is 2.21. The van der Waals surface area contributed by atoms with Crippen LogP contribution in [0.25, 0.3) is 0 Å². The molecule has 0 spiro atoms. The Kier molecular flexibility index (Phi) is 4.69. The maximum atomic E-state index is 11.8. The van der Waals surface area contributed by atoms with Crippen LogP contribution < -0.4 is 10.9 Å². The maximum absolute atomic E-state index is 11.8. The van der Waals surface area contributed by atoms with Gasteiger partial charge in [-0.25, -0.2) is 0 Å². The van der Waals surface area contributed by atoms with Crippen LogP contribution in [0.3, 0.4) is 0 Å².